The molecule has 0 spiro atoms. The van der Waals surface area contributed by atoms with Crippen molar-refractivity contribution in [1.29, 1.82) is 0 Å². The predicted molar refractivity (Wildman–Crippen MR) is 97.6 cm³/mol. The lowest BCUT2D eigenvalue weighted by Crippen LogP contribution is -2.46. The molecule has 4 rings (SSSR count). The highest BCUT2D eigenvalue weighted by Crippen LogP contribution is 2.40. The van der Waals surface area contributed by atoms with Crippen LogP contribution in [0.2, 0.25) is 0 Å². The van der Waals surface area contributed by atoms with E-state index in [0.717, 1.165) is 0 Å². The van der Waals surface area contributed by atoms with Gasteiger partial charge in [0, 0.05) is 16.8 Å². The van der Waals surface area contributed by atoms with Crippen molar-refractivity contribution >= 4 is 23.2 Å². The van der Waals surface area contributed by atoms with Crippen LogP contribution in [0.25, 0.3) is 0 Å². The number of carboxylic acids is 1. The summed E-state index contributed by atoms with van der Waals surface area (Å²) in [5, 5.41) is 14.2. The first-order valence-corrected chi connectivity index (χ1v) is 8.38. The van der Waals surface area contributed by atoms with E-state index >= 15 is 0 Å². The lowest BCUT2D eigenvalue weighted by Gasteiger charge is -2.29. The van der Waals surface area contributed by atoms with Crippen LogP contribution >= 0.6 is 0 Å². The minimum absolute atomic E-state index is 0.0429. The van der Waals surface area contributed by atoms with Gasteiger partial charge in [0.1, 0.15) is 0 Å². The number of carbonyl (C=O) groups excluding carboxylic acids is 3. The normalized spacial score (nSPS) is 14.7. The fraction of sp³-hybridized carbons (Fsp3) is 0.0455. The van der Waals surface area contributed by atoms with Gasteiger partial charge in [0.05, 0.1) is 5.97 Å². The van der Waals surface area contributed by atoms with Gasteiger partial charge < -0.3 is 15.2 Å². The molecule has 1 aliphatic rings. The fourth-order valence-corrected chi connectivity index (χ4v) is 3.46. The summed E-state index contributed by atoms with van der Waals surface area (Å²) in [4.78, 5) is 37.9. The highest BCUT2D eigenvalue weighted by atomic mass is 16.4. The van der Waals surface area contributed by atoms with Crippen molar-refractivity contribution in [2.24, 2.45) is 0 Å². The van der Waals surface area contributed by atoms with E-state index in [1.165, 1.54) is 18.2 Å². The molecule has 0 bridgehead atoms. The van der Waals surface area contributed by atoms with E-state index in [2.05, 4.69) is 5.32 Å². The van der Waals surface area contributed by atoms with E-state index in [9.17, 15) is 19.5 Å². The summed E-state index contributed by atoms with van der Waals surface area (Å²) < 4.78 is 0. The molecule has 132 valence electrons. The van der Waals surface area contributed by atoms with Gasteiger partial charge in [-0.3, -0.25) is 9.59 Å². The molecule has 5 nitrogen and oxygen atoms in total. The van der Waals surface area contributed by atoms with Crippen LogP contribution in [0.3, 0.4) is 0 Å². The summed E-state index contributed by atoms with van der Waals surface area (Å²) >= 11 is 0. The Bertz CT molecular complexity index is 1040. The molecular weight excluding hydrogens is 342 g/mol. The van der Waals surface area contributed by atoms with Gasteiger partial charge in [-0.2, -0.15) is 0 Å². The molecule has 3 aromatic rings. The molecule has 0 aromatic heterocycles. The number of ketones is 2. The third-order valence-electron chi connectivity index (χ3n) is 4.73. The largest absolute Gasteiger partial charge is 0.545 e. The Hall–Kier alpha value is -3.73. The Morgan fingerprint density at radius 3 is 1.96 bits per heavy atom. The number of anilines is 1. The SMILES string of the molecule is O=C([O-])c1cccc(NC2(c3ccccc3)C(=O)c3ccccc3C2=O)c1. The second kappa shape index (κ2) is 6.21. The number of fused-ring (bicyclic) bond motifs is 1. The first-order valence-electron chi connectivity index (χ1n) is 8.38. The van der Waals surface area contributed by atoms with Crippen molar-refractivity contribution < 1.29 is 19.5 Å². The summed E-state index contributed by atoms with van der Waals surface area (Å²) in [5.41, 5.74) is -0.163. The third kappa shape index (κ3) is 2.52. The molecule has 0 aliphatic heterocycles. The number of carboxylic acid groups (broad SMARTS) is 1. The Kier molecular flexibility index (Phi) is 3.85. The van der Waals surface area contributed by atoms with Crippen LogP contribution in [0.1, 0.15) is 36.6 Å². The van der Waals surface area contributed by atoms with Crippen LogP contribution in [-0.4, -0.2) is 17.5 Å². The average Bonchev–Trinajstić information content (AvgIpc) is 2.92. The smallest absolute Gasteiger partial charge is 0.201 e. The minimum atomic E-state index is -1.64. The third-order valence-corrected chi connectivity index (χ3v) is 4.73. The lowest BCUT2D eigenvalue weighted by atomic mass is 9.84. The van der Waals surface area contributed by atoms with Gasteiger partial charge >= 0.3 is 0 Å². The van der Waals surface area contributed by atoms with Crippen molar-refractivity contribution in [2.75, 3.05) is 5.32 Å². The number of carbonyl (C=O) groups is 3. The number of aromatic carboxylic acids is 1. The van der Waals surface area contributed by atoms with Crippen molar-refractivity contribution in [2.45, 2.75) is 5.54 Å². The fourth-order valence-electron chi connectivity index (χ4n) is 3.46. The molecule has 0 fully saturated rings. The van der Waals surface area contributed by atoms with E-state index < -0.39 is 11.5 Å². The maximum Gasteiger partial charge on any atom is 0.201 e. The Balaban J connectivity index is 1.90. The highest BCUT2D eigenvalue weighted by Gasteiger charge is 2.54. The van der Waals surface area contributed by atoms with Gasteiger partial charge in [-0.05, 0) is 23.3 Å². The van der Waals surface area contributed by atoms with Gasteiger partial charge in [-0.15, -0.1) is 0 Å². The molecule has 0 saturated carbocycles. The summed E-state index contributed by atoms with van der Waals surface area (Å²) in [6.07, 6.45) is 0. The Labute approximate surface area is 155 Å². The standard InChI is InChI=1S/C22H15NO4/c24-19-17-11-4-5-12-18(17)20(25)22(19,15-8-2-1-3-9-15)23-16-10-6-7-14(13-16)21(26)27/h1-13,23H,(H,26,27)/p-1. The summed E-state index contributed by atoms with van der Waals surface area (Å²) in [5.74, 6) is -2.07. The molecule has 1 aliphatic carbocycles. The van der Waals surface area contributed by atoms with Crippen molar-refractivity contribution in [3.8, 4) is 0 Å². The van der Waals surface area contributed by atoms with Gasteiger partial charge in [-0.1, -0.05) is 66.7 Å². The van der Waals surface area contributed by atoms with Gasteiger partial charge in [0.25, 0.3) is 0 Å². The van der Waals surface area contributed by atoms with Crippen LogP contribution in [0, 0.1) is 0 Å². The lowest BCUT2D eigenvalue weighted by molar-refractivity contribution is -0.255. The Morgan fingerprint density at radius 2 is 1.37 bits per heavy atom. The highest BCUT2D eigenvalue weighted by molar-refractivity contribution is 6.34. The zero-order chi connectivity index (χ0) is 19.0. The maximum atomic E-state index is 13.3. The van der Waals surface area contributed by atoms with Gasteiger partial charge in [0.2, 0.25) is 11.6 Å². The molecule has 5 heteroatoms. The van der Waals surface area contributed by atoms with E-state index in [0.29, 0.717) is 22.4 Å². The number of benzene rings is 3. The number of hydrogen-bond donors (Lipinski definition) is 1. The molecule has 27 heavy (non-hydrogen) atoms. The molecule has 0 unspecified atom stereocenters. The topological polar surface area (TPSA) is 86.3 Å². The molecule has 0 heterocycles. The van der Waals surface area contributed by atoms with Gasteiger partial charge in [0.15, 0.2) is 5.54 Å². The van der Waals surface area contributed by atoms with E-state index in [1.807, 2.05) is 0 Å². The van der Waals surface area contributed by atoms with Crippen LogP contribution in [0.5, 0.6) is 0 Å². The summed E-state index contributed by atoms with van der Waals surface area (Å²) in [6, 6.07) is 21.3. The average molecular weight is 356 g/mol. The molecule has 0 atom stereocenters. The van der Waals surface area contributed by atoms with Crippen LogP contribution < -0.4 is 10.4 Å². The first-order chi connectivity index (χ1) is 13.0. The molecule has 0 amide bonds. The van der Waals surface area contributed by atoms with Crippen molar-refractivity contribution in [3.63, 3.8) is 0 Å². The number of nitrogens with one attached hydrogen (secondary N) is 1. The summed E-state index contributed by atoms with van der Waals surface area (Å²) in [7, 11) is 0. The number of hydrogen-bond acceptors (Lipinski definition) is 5. The number of rotatable bonds is 4. The quantitative estimate of drug-likeness (QED) is 0.726. The molecular formula is C22H14NO4-. The number of Topliss-reactive ketones (excluding diaryl/α,β-unsaturated/α-hetero) is 2. The monoisotopic (exact) mass is 356 g/mol. The van der Waals surface area contributed by atoms with Crippen molar-refractivity contribution in [1.82, 2.24) is 0 Å². The van der Waals surface area contributed by atoms with E-state index in [-0.39, 0.29) is 17.1 Å². The van der Waals surface area contributed by atoms with Crippen LogP contribution in [-0.2, 0) is 5.54 Å². The van der Waals surface area contributed by atoms with Crippen LogP contribution in [0.4, 0.5) is 5.69 Å². The molecule has 0 saturated heterocycles. The molecule has 3 aromatic carbocycles. The Morgan fingerprint density at radius 1 is 0.778 bits per heavy atom. The zero-order valence-corrected chi connectivity index (χ0v) is 14.1. The van der Waals surface area contributed by atoms with E-state index in [1.54, 1.807) is 60.7 Å². The van der Waals surface area contributed by atoms with Crippen molar-refractivity contribution in [3.05, 3.63) is 101 Å². The minimum Gasteiger partial charge on any atom is -0.545 e. The maximum absolute atomic E-state index is 13.3. The predicted octanol–water partition coefficient (Wildman–Crippen LogP) is 2.44. The second-order valence-corrected chi connectivity index (χ2v) is 6.31. The van der Waals surface area contributed by atoms with Crippen LogP contribution in [0.15, 0.2) is 78.9 Å². The second-order valence-electron chi connectivity index (χ2n) is 6.31. The molecule has 1 N–H and O–H groups in total. The zero-order valence-electron chi connectivity index (χ0n) is 14.1. The summed E-state index contributed by atoms with van der Waals surface area (Å²) in [6.45, 7) is 0. The van der Waals surface area contributed by atoms with E-state index in [4.69, 9.17) is 0 Å². The van der Waals surface area contributed by atoms with Gasteiger partial charge in [-0.25, -0.2) is 0 Å². The molecule has 0 radical (unpaired) electrons. The first kappa shape index (κ1) is 16.7.